The van der Waals surface area contributed by atoms with Crippen LogP contribution in [0.1, 0.15) is 62.3 Å². The number of carbonyl (C=O) groups excluding carboxylic acids is 2. The van der Waals surface area contributed by atoms with Gasteiger partial charge in [0.05, 0.1) is 17.5 Å². The molecule has 6 heteroatoms. The summed E-state index contributed by atoms with van der Waals surface area (Å²) < 4.78 is 13.3. The molecule has 6 rings (SSSR count). The Kier molecular flexibility index (Phi) is 6.26. The number of hydrogen-bond acceptors (Lipinski definition) is 5. The van der Waals surface area contributed by atoms with Gasteiger partial charge in [-0.2, -0.15) is 0 Å². The molecule has 5 atom stereocenters. The molecule has 1 saturated carbocycles. The quantitative estimate of drug-likeness (QED) is 0.440. The van der Waals surface area contributed by atoms with Crippen LogP contribution in [0.2, 0.25) is 0 Å². The van der Waals surface area contributed by atoms with Gasteiger partial charge in [0.1, 0.15) is 17.5 Å². The number of esters is 1. The van der Waals surface area contributed by atoms with Crippen molar-refractivity contribution in [3.8, 4) is 17.6 Å². The SMILES string of the molecule is CC(=O)O[C@@]12CC[C@@H](N(CC(C)C)C(=O)C#Cc3cccc(C)c3)[C@@H]3Oc4cccc5c4[C@@]31CCN(C)[C@@H]2C5. The third-order valence-electron chi connectivity index (χ3n) is 9.44. The van der Waals surface area contributed by atoms with Gasteiger partial charge in [-0.15, -0.1) is 0 Å². The highest BCUT2D eigenvalue weighted by molar-refractivity contribution is 5.94. The van der Waals surface area contributed by atoms with Gasteiger partial charge in [0.25, 0.3) is 5.91 Å². The molecule has 0 radical (unpaired) electrons. The van der Waals surface area contributed by atoms with Gasteiger partial charge >= 0.3 is 5.97 Å². The average molecular weight is 527 g/mol. The van der Waals surface area contributed by atoms with Crippen molar-refractivity contribution in [2.45, 2.75) is 82.6 Å². The van der Waals surface area contributed by atoms with Crippen molar-refractivity contribution in [3.05, 3.63) is 64.7 Å². The van der Waals surface area contributed by atoms with Crippen LogP contribution in [-0.2, 0) is 26.2 Å². The van der Waals surface area contributed by atoms with Crippen molar-refractivity contribution >= 4 is 11.9 Å². The molecule has 1 spiro atoms. The molecule has 2 fully saturated rings. The minimum atomic E-state index is -0.688. The van der Waals surface area contributed by atoms with Gasteiger partial charge in [0, 0.05) is 30.5 Å². The van der Waals surface area contributed by atoms with E-state index in [1.54, 1.807) is 0 Å². The van der Waals surface area contributed by atoms with E-state index in [0.29, 0.717) is 19.4 Å². The minimum Gasteiger partial charge on any atom is -0.487 e. The van der Waals surface area contributed by atoms with Crippen LogP contribution in [0.15, 0.2) is 42.5 Å². The minimum absolute atomic E-state index is 0.0680. The lowest BCUT2D eigenvalue weighted by Gasteiger charge is -2.65. The molecule has 204 valence electrons. The van der Waals surface area contributed by atoms with Gasteiger partial charge in [-0.25, -0.2) is 0 Å². The molecular weight excluding hydrogens is 488 g/mol. The topological polar surface area (TPSA) is 59.1 Å². The maximum Gasteiger partial charge on any atom is 0.303 e. The number of carbonyl (C=O) groups is 2. The summed E-state index contributed by atoms with van der Waals surface area (Å²) in [5, 5.41) is 0. The largest absolute Gasteiger partial charge is 0.487 e. The number of likely N-dealkylation sites (tertiary alicyclic amines) is 1. The van der Waals surface area contributed by atoms with Gasteiger partial charge in [0.2, 0.25) is 0 Å². The molecule has 2 heterocycles. The van der Waals surface area contributed by atoms with Crippen LogP contribution in [-0.4, -0.2) is 65.6 Å². The highest BCUT2D eigenvalue weighted by Crippen LogP contribution is 2.65. The number of ether oxygens (including phenoxy) is 2. The Balaban J connectivity index is 1.45. The molecular formula is C33H38N2O4. The first-order valence-electron chi connectivity index (χ1n) is 14.2. The number of aryl methyl sites for hydroxylation is 1. The number of nitrogens with zero attached hydrogens (tertiary/aromatic N) is 2. The van der Waals surface area contributed by atoms with Gasteiger partial charge in [-0.1, -0.05) is 44.0 Å². The number of hydrogen-bond donors (Lipinski definition) is 0. The lowest BCUT2D eigenvalue weighted by atomic mass is 9.48. The van der Waals surface area contributed by atoms with Crippen LogP contribution < -0.4 is 4.74 Å². The molecule has 2 bridgehead atoms. The van der Waals surface area contributed by atoms with E-state index in [2.05, 4.69) is 49.8 Å². The zero-order valence-corrected chi connectivity index (χ0v) is 23.6. The van der Waals surface area contributed by atoms with Gasteiger partial charge < -0.3 is 14.4 Å². The lowest BCUT2D eigenvalue weighted by Crippen LogP contribution is -2.79. The monoisotopic (exact) mass is 526 g/mol. The maximum atomic E-state index is 13.8. The number of piperidine rings is 1. The van der Waals surface area contributed by atoms with Crippen LogP contribution in [0.4, 0.5) is 0 Å². The Labute approximate surface area is 231 Å². The van der Waals surface area contributed by atoms with Gasteiger partial charge in [0.15, 0.2) is 0 Å². The second kappa shape index (κ2) is 9.41. The summed E-state index contributed by atoms with van der Waals surface area (Å²) >= 11 is 0. The van der Waals surface area contributed by atoms with Crippen LogP contribution >= 0.6 is 0 Å². The van der Waals surface area contributed by atoms with E-state index in [4.69, 9.17) is 9.47 Å². The number of benzene rings is 2. The van der Waals surface area contributed by atoms with E-state index < -0.39 is 11.0 Å². The average Bonchev–Trinajstić information content (AvgIpc) is 3.23. The Morgan fingerprint density at radius 1 is 1.21 bits per heavy atom. The number of likely N-dealkylation sites (N-methyl/N-ethyl adjacent to an activating group) is 1. The molecule has 1 saturated heterocycles. The van der Waals surface area contributed by atoms with E-state index in [0.717, 1.165) is 36.3 Å². The smallest absolute Gasteiger partial charge is 0.303 e. The van der Waals surface area contributed by atoms with Crippen molar-refractivity contribution in [1.82, 2.24) is 9.80 Å². The molecule has 6 nitrogen and oxygen atoms in total. The Bertz CT molecular complexity index is 1390. The van der Waals surface area contributed by atoms with Crippen molar-refractivity contribution in [2.75, 3.05) is 20.1 Å². The first-order valence-corrected chi connectivity index (χ1v) is 14.2. The highest BCUT2D eigenvalue weighted by Gasteiger charge is 2.75. The zero-order chi connectivity index (χ0) is 27.5. The van der Waals surface area contributed by atoms with E-state index in [9.17, 15) is 9.59 Å². The van der Waals surface area contributed by atoms with E-state index in [1.165, 1.54) is 18.1 Å². The van der Waals surface area contributed by atoms with Gasteiger partial charge in [-0.05, 0) is 81.4 Å². The summed E-state index contributed by atoms with van der Waals surface area (Å²) in [7, 11) is 2.14. The fourth-order valence-corrected chi connectivity index (χ4v) is 8.13. The van der Waals surface area contributed by atoms with Crippen LogP contribution in [0.25, 0.3) is 0 Å². The van der Waals surface area contributed by atoms with E-state index in [-0.39, 0.29) is 36.0 Å². The third-order valence-corrected chi connectivity index (χ3v) is 9.44. The standard InChI is InChI=1S/C33H38N2O4/c1-21(2)20-35(29(37)13-12-24-9-6-8-22(3)18-24)26-14-15-33(39-23(4)36)28-19-25-10-7-11-27-30(25)32(33,31(26)38-27)16-17-34(28)5/h6-11,18,21,26,28,31H,14-17,19-20H2,1-5H3/t26-,28-,31+,32+,33-/m1/s1. The second-order valence-electron chi connectivity index (χ2n) is 12.3. The van der Waals surface area contributed by atoms with Crippen molar-refractivity contribution in [2.24, 2.45) is 5.92 Å². The van der Waals surface area contributed by atoms with Crippen LogP contribution in [0.3, 0.4) is 0 Å². The van der Waals surface area contributed by atoms with E-state index >= 15 is 0 Å². The van der Waals surface area contributed by atoms with Crippen LogP contribution in [0.5, 0.6) is 5.75 Å². The Morgan fingerprint density at radius 3 is 2.74 bits per heavy atom. The lowest BCUT2D eigenvalue weighted by molar-refractivity contribution is -0.221. The zero-order valence-electron chi connectivity index (χ0n) is 23.6. The fraction of sp³-hybridized carbons (Fsp3) is 0.515. The Morgan fingerprint density at radius 2 is 2.00 bits per heavy atom. The first kappa shape index (κ1) is 26.0. The van der Waals surface area contributed by atoms with Crippen molar-refractivity contribution in [3.63, 3.8) is 0 Å². The van der Waals surface area contributed by atoms with Crippen LogP contribution in [0, 0.1) is 24.7 Å². The normalized spacial score (nSPS) is 30.1. The summed E-state index contributed by atoms with van der Waals surface area (Å²) in [5.41, 5.74) is 3.24. The predicted molar refractivity (Wildman–Crippen MR) is 149 cm³/mol. The fourth-order valence-electron chi connectivity index (χ4n) is 8.13. The highest BCUT2D eigenvalue weighted by atomic mass is 16.6. The maximum absolute atomic E-state index is 13.8. The molecule has 2 aromatic carbocycles. The van der Waals surface area contributed by atoms with Crippen molar-refractivity contribution < 1.29 is 19.1 Å². The summed E-state index contributed by atoms with van der Waals surface area (Å²) in [6.45, 7) is 9.29. The Hall–Kier alpha value is -3.30. The molecule has 0 aromatic heterocycles. The molecule has 2 aliphatic carbocycles. The molecule has 39 heavy (non-hydrogen) atoms. The number of rotatable bonds is 4. The molecule has 2 aromatic rings. The molecule has 4 aliphatic rings. The third kappa shape index (κ3) is 3.89. The summed E-state index contributed by atoms with van der Waals surface area (Å²) in [5.74, 6) is 6.79. The molecule has 2 aliphatic heterocycles. The van der Waals surface area contributed by atoms with Crippen molar-refractivity contribution in [1.29, 1.82) is 0 Å². The summed E-state index contributed by atoms with van der Waals surface area (Å²) in [4.78, 5) is 30.8. The molecule has 1 amide bonds. The first-order chi connectivity index (χ1) is 18.7. The second-order valence-corrected chi connectivity index (χ2v) is 12.3. The molecule has 0 N–H and O–H groups in total. The predicted octanol–water partition coefficient (Wildman–Crippen LogP) is 4.25. The molecule has 0 unspecified atom stereocenters. The van der Waals surface area contributed by atoms with Gasteiger partial charge in [-0.3, -0.25) is 14.5 Å². The summed E-state index contributed by atoms with van der Waals surface area (Å²) in [6.07, 6.45) is 2.72. The number of amides is 1. The van der Waals surface area contributed by atoms with E-state index in [1.807, 2.05) is 42.2 Å². The summed E-state index contributed by atoms with van der Waals surface area (Å²) in [6, 6.07) is 14.1.